The van der Waals surface area contributed by atoms with Gasteiger partial charge in [-0.25, -0.2) is 22.9 Å². The highest BCUT2D eigenvalue weighted by Crippen LogP contribution is 2.27. The number of hydrogen-bond acceptors (Lipinski definition) is 7. The van der Waals surface area contributed by atoms with Crippen LogP contribution in [0, 0.1) is 17.5 Å². The molecule has 0 saturated carbocycles. The summed E-state index contributed by atoms with van der Waals surface area (Å²) in [6.45, 7) is 4.16. The van der Waals surface area contributed by atoms with Crippen LogP contribution in [0.25, 0.3) is 16.7 Å². The molecule has 4 rings (SSSR count). The normalized spacial score (nSPS) is 15.9. The van der Waals surface area contributed by atoms with E-state index >= 15 is 4.39 Å². The molecule has 3 aromatic rings. The lowest BCUT2D eigenvalue weighted by molar-refractivity contribution is -0.130. The van der Waals surface area contributed by atoms with E-state index in [-0.39, 0.29) is 42.6 Å². The summed E-state index contributed by atoms with van der Waals surface area (Å²) >= 11 is 0. The van der Waals surface area contributed by atoms with Crippen LogP contribution in [0.3, 0.4) is 0 Å². The number of anilines is 1. The van der Waals surface area contributed by atoms with Gasteiger partial charge in [-0.2, -0.15) is 0 Å². The third-order valence-electron chi connectivity index (χ3n) is 7.29. The minimum absolute atomic E-state index is 0. The highest BCUT2D eigenvalue weighted by molar-refractivity contribution is 5.93. The Bertz CT molecular complexity index is 1620. The number of amides is 2. The first-order chi connectivity index (χ1) is 20.4. The van der Waals surface area contributed by atoms with Crippen LogP contribution in [0.5, 0.6) is 0 Å². The van der Waals surface area contributed by atoms with Crippen molar-refractivity contribution >= 4 is 47.0 Å². The van der Waals surface area contributed by atoms with Gasteiger partial charge in [-0.05, 0) is 37.5 Å². The first kappa shape index (κ1) is 34.3. The van der Waals surface area contributed by atoms with E-state index in [1.165, 1.54) is 4.90 Å². The van der Waals surface area contributed by atoms with Crippen LogP contribution >= 0.6 is 12.4 Å². The Morgan fingerprint density at radius 1 is 1.09 bits per heavy atom. The van der Waals surface area contributed by atoms with Gasteiger partial charge in [-0.15, -0.1) is 12.4 Å². The average molecular weight is 639 g/mol. The lowest BCUT2D eigenvalue weighted by atomic mass is 10.1. The van der Waals surface area contributed by atoms with Gasteiger partial charge in [0, 0.05) is 31.4 Å². The molecule has 3 atom stereocenters. The monoisotopic (exact) mass is 638 g/mol. The van der Waals surface area contributed by atoms with Gasteiger partial charge in [0.2, 0.25) is 17.2 Å². The number of nitrogens with one attached hydrogen (secondary N) is 2. The van der Waals surface area contributed by atoms with Crippen molar-refractivity contribution in [2.45, 2.75) is 64.1 Å². The lowest BCUT2D eigenvalue weighted by Crippen LogP contribution is -2.53. The van der Waals surface area contributed by atoms with Crippen molar-refractivity contribution in [2.75, 3.05) is 18.0 Å². The van der Waals surface area contributed by atoms with E-state index in [0.717, 1.165) is 29.0 Å². The molecule has 0 bridgehead atoms. The first-order valence-corrected chi connectivity index (χ1v) is 14.0. The zero-order valence-electron chi connectivity index (χ0n) is 24.1. The Hall–Kier alpha value is -4.17. The number of carboxylic acid groups (broad SMARTS) is 1. The predicted octanol–water partition coefficient (Wildman–Crippen LogP) is 3.03. The van der Waals surface area contributed by atoms with Crippen LogP contribution in [-0.4, -0.2) is 63.7 Å². The summed E-state index contributed by atoms with van der Waals surface area (Å²) < 4.78 is 44.7. The maximum Gasteiger partial charge on any atom is 0.341 e. The van der Waals surface area contributed by atoms with Crippen molar-refractivity contribution in [1.82, 2.24) is 20.2 Å². The fourth-order valence-corrected chi connectivity index (χ4v) is 5.10. The molecular formula is C29H34ClF3N6O5. The number of rotatable bonds is 11. The summed E-state index contributed by atoms with van der Waals surface area (Å²) in [7, 11) is 0. The Labute approximate surface area is 257 Å². The molecule has 1 fully saturated rings. The molecule has 5 N–H and O–H groups in total. The molecular weight excluding hydrogens is 605 g/mol. The number of nitrogens with zero attached hydrogens (tertiary/aromatic N) is 3. The molecule has 0 spiro atoms. The van der Waals surface area contributed by atoms with E-state index in [0.29, 0.717) is 38.2 Å². The number of nitrogens with two attached hydrogens (primary N) is 1. The van der Waals surface area contributed by atoms with Crippen molar-refractivity contribution in [3.8, 4) is 5.69 Å². The van der Waals surface area contributed by atoms with E-state index in [4.69, 9.17) is 5.73 Å². The third kappa shape index (κ3) is 7.30. The number of fused-ring (bicyclic) bond motifs is 1. The molecule has 2 aromatic heterocycles. The largest absolute Gasteiger partial charge is 0.477 e. The SMILES string of the molecule is CCC[C@H](NC(=O)[C@@H](N)CCC)C(=O)NC1CCN(c2nc3c(cc2F)c(=O)c(C(=O)O)cn3-c2ccc(F)cc2F)C1.Cl. The average Bonchev–Trinajstić information content (AvgIpc) is 3.41. The summed E-state index contributed by atoms with van der Waals surface area (Å²) in [5, 5.41) is 14.7. The fourth-order valence-electron chi connectivity index (χ4n) is 5.10. The number of carboxylic acids is 1. The number of benzene rings is 1. The third-order valence-corrected chi connectivity index (χ3v) is 7.29. The zero-order chi connectivity index (χ0) is 31.4. The summed E-state index contributed by atoms with van der Waals surface area (Å²) in [6.07, 6.45) is 3.48. The van der Waals surface area contributed by atoms with Crippen LogP contribution in [0.1, 0.15) is 56.3 Å². The number of aromatic carboxylic acids is 1. The molecule has 238 valence electrons. The lowest BCUT2D eigenvalue weighted by Gasteiger charge is -2.23. The van der Waals surface area contributed by atoms with E-state index in [1.807, 2.05) is 13.8 Å². The van der Waals surface area contributed by atoms with Crippen molar-refractivity contribution in [2.24, 2.45) is 5.73 Å². The van der Waals surface area contributed by atoms with Gasteiger partial charge in [0.1, 0.15) is 23.2 Å². The van der Waals surface area contributed by atoms with Gasteiger partial charge in [0.05, 0.1) is 17.1 Å². The number of hydrogen-bond donors (Lipinski definition) is 4. The van der Waals surface area contributed by atoms with Gasteiger partial charge in [-0.3, -0.25) is 19.0 Å². The zero-order valence-corrected chi connectivity index (χ0v) is 24.9. The molecule has 1 aliphatic heterocycles. The highest BCUT2D eigenvalue weighted by atomic mass is 35.5. The van der Waals surface area contributed by atoms with Crippen LogP contribution in [-0.2, 0) is 9.59 Å². The van der Waals surface area contributed by atoms with Crippen molar-refractivity contribution in [1.29, 1.82) is 0 Å². The molecule has 15 heteroatoms. The van der Waals surface area contributed by atoms with Crippen molar-refractivity contribution in [3.05, 3.63) is 63.7 Å². The number of carbonyl (C=O) groups is 3. The second kappa shape index (κ2) is 14.5. The summed E-state index contributed by atoms with van der Waals surface area (Å²) in [5.74, 6) is -5.49. The van der Waals surface area contributed by atoms with Crippen molar-refractivity contribution < 1.29 is 32.7 Å². The van der Waals surface area contributed by atoms with E-state index < -0.39 is 69.7 Å². The highest BCUT2D eigenvalue weighted by Gasteiger charge is 2.31. The molecule has 1 saturated heterocycles. The summed E-state index contributed by atoms with van der Waals surface area (Å²) in [6, 6.07) is 1.46. The summed E-state index contributed by atoms with van der Waals surface area (Å²) in [4.78, 5) is 55.9. The van der Waals surface area contributed by atoms with E-state index in [9.17, 15) is 33.1 Å². The molecule has 1 unspecified atom stereocenters. The number of carbonyl (C=O) groups excluding carboxylic acids is 2. The second-order valence-corrected chi connectivity index (χ2v) is 10.5. The minimum Gasteiger partial charge on any atom is -0.477 e. The predicted molar refractivity (Wildman–Crippen MR) is 160 cm³/mol. The number of aromatic nitrogens is 2. The fraction of sp³-hybridized carbons (Fsp3) is 0.414. The minimum atomic E-state index is -1.62. The molecule has 3 heterocycles. The first-order valence-electron chi connectivity index (χ1n) is 14.0. The number of halogens is 4. The Kier molecular flexibility index (Phi) is 11.3. The van der Waals surface area contributed by atoms with Gasteiger partial charge in [0.25, 0.3) is 0 Å². The Morgan fingerprint density at radius 3 is 2.43 bits per heavy atom. The summed E-state index contributed by atoms with van der Waals surface area (Å²) in [5.41, 5.74) is 3.58. The molecule has 0 radical (unpaired) electrons. The standard InChI is InChI=1S/C29H33F3N6O5.ClH/c1-3-5-21(33)27(40)35-22(6-4-2)28(41)34-16-9-10-37(13-16)26-20(32)12-17-24(39)18(29(42)43)14-38(25(17)36-26)23-8-7-15(30)11-19(23)31;/h7-8,11-12,14,16,21-22H,3-6,9-10,13,33H2,1-2H3,(H,34,41)(H,35,40)(H,42,43);1H/t16?,21-,22-;/m0./s1. The van der Waals surface area contributed by atoms with Gasteiger partial charge >= 0.3 is 5.97 Å². The maximum absolute atomic E-state index is 15.4. The van der Waals surface area contributed by atoms with E-state index in [1.54, 1.807) is 0 Å². The molecule has 1 aliphatic rings. The smallest absolute Gasteiger partial charge is 0.341 e. The van der Waals surface area contributed by atoms with Crippen LogP contribution in [0.2, 0.25) is 0 Å². The maximum atomic E-state index is 15.4. The Balaban J connectivity index is 0.00000529. The number of pyridine rings is 2. The molecule has 0 aliphatic carbocycles. The second-order valence-electron chi connectivity index (χ2n) is 10.5. The van der Waals surface area contributed by atoms with Crippen molar-refractivity contribution in [3.63, 3.8) is 0 Å². The van der Waals surface area contributed by atoms with Gasteiger partial charge in [0.15, 0.2) is 17.3 Å². The topological polar surface area (TPSA) is 160 Å². The van der Waals surface area contributed by atoms with Gasteiger partial charge in [-0.1, -0.05) is 26.7 Å². The molecule has 2 amide bonds. The molecule has 44 heavy (non-hydrogen) atoms. The van der Waals surface area contributed by atoms with E-state index in [2.05, 4.69) is 15.6 Å². The molecule has 1 aromatic carbocycles. The van der Waals surface area contributed by atoms with Crippen LogP contribution < -0.4 is 26.7 Å². The molecule has 11 nitrogen and oxygen atoms in total. The Morgan fingerprint density at radius 2 is 1.80 bits per heavy atom. The van der Waals surface area contributed by atoms with Crippen LogP contribution in [0.4, 0.5) is 19.0 Å². The van der Waals surface area contributed by atoms with Crippen LogP contribution in [0.15, 0.2) is 35.3 Å². The van der Waals surface area contributed by atoms with Gasteiger partial charge < -0.3 is 26.4 Å². The quantitative estimate of drug-likeness (QED) is 0.249.